The molecule has 3 heterocycles. The van der Waals surface area contributed by atoms with Crippen molar-refractivity contribution in [1.29, 1.82) is 0 Å². The van der Waals surface area contributed by atoms with Gasteiger partial charge in [-0.15, -0.1) is 0 Å². The smallest absolute Gasteiger partial charge is 0.227 e. The summed E-state index contributed by atoms with van der Waals surface area (Å²) < 4.78 is 5.20. The molecule has 0 aromatic carbocycles. The molecular weight excluding hydrogens is 294 g/mol. The van der Waals surface area contributed by atoms with E-state index in [4.69, 9.17) is 4.52 Å². The minimum absolute atomic E-state index is 0.0603. The fraction of sp³-hybridized carbons (Fsp3) is 0.625. The molecule has 7 heteroatoms. The monoisotopic (exact) mass is 317 g/mol. The Labute approximate surface area is 135 Å². The van der Waals surface area contributed by atoms with Gasteiger partial charge in [0.1, 0.15) is 5.82 Å². The van der Waals surface area contributed by atoms with Crippen LogP contribution in [0.15, 0.2) is 10.7 Å². The summed E-state index contributed by atoms with van der Waals surface area (Å²) in [6, 6.07) is 0.0603. The third-order valence-electron chi connectivity index (χ3n) is 4.16. The lowest BCUT2D eigenvalue weighted by Gasteiger charge is -2.23. The fourth-order valence-electron chi connectivity index (χ4n) is 2.91. The Morgan fingerprint density at radius 1 is 1.52 bits per heavy atom. The molecule has 2 aromatic heterocycles. The van der Waals surface area contributed by atoms with Gasteiger partial charge in [-0.3, -0.25) is 4.79 Å². The molecule has 1 atom stereocenters. The molecule has 124 valence electrons. The number of imidazole rings is 1. The number of aromatic amines is 1. The van der Waals surface area contributed by atoms with Gasteiger partial charge < -0.3 is 14.4 Å². The van der Waals surface area contributed by atoms with Crippen LogP contribution in [0.4, 0.5) is 0 Å². The van der Waals surface area contributed by atoms with E-state index in [0.717, 1.165) is 30.9 Å². The molecule has 3 rings (SSSR count). The van der Waals surface area contributed by atoms with Gasteiger partial charge in [-0.05, 0) is 19.8 Å². The number of amides is 1. The standard InChI is InChI=1S/C16H23N5O2/c1-10(2)15-19-13(23-20-15)6-7-14(22)21-8-4-5-12(21)16-17-9-11(3)18-16/h9-10,12H,4-8H2,1-3H3,(H,17,18)/t12-/m1/s1. The van der Waals surface area contributed by atoms with Crippen molar-refractivity contribution in [3.63, 3.8) is 0 Å². The normalized spacial score (nSPS) is 18.1. The largest absolute Gasteiger partial charge is 0.344 e. The highest BCUT2D eigenvalue weighted by Crippen LogP contribution is 2.30. The Balaban J connectivity index is 1.60. The molecule has 23 heavy (non-hydrogen) atoms. The van der Waals surface area contributed by atoms with Crippen molar-refractivity contribution in [3.05, 3.63) is 29.4 Å². The molecule has 0 unspecified atom stereocenters. The number of likely N-dealkylation sites (tertiary alicyclic amines) is 1. The molecule has 0 bridgehead atoms. The molecule has 1 N–H and O–H groups in total. The minimum Gasteiger partial charge on any atom is -0.344 e. The molecule has 1 aliphatic rings. The van der Waals surface area contributed by atoms with Crippen LogP contribution in [0.5, 0.6) is 0 Å². The highest BCUT2D eigenvalue weighted by Gasteiger charge is 2.31. The summed E-state index contributed by atoms with van der Waals surface area (Å²) in [6.07, 6.45) is 4.64. The van der Waals surface area contributed by atoms with Crippen LogP contribution >= 0.6 is 0 Å². The van der Waals surface area contributed by atoms with Gasteiger partial charge in [0.15, 0.2) is 5.82 Å². The quantitative estimate of drug-likeness (QED) is 0.915. The lowest BCUT2D eigenvalue weighted by Crippen LogP contribution is -2.31. The summed E-state index contributed by atoms with van der Waals surface area (Å²) in [5.41, 5.74) is 1.02. The molecule has 0 spiro atoms. The molecule has 0 radical (unpaired) electrons. The molecule has 1 saturated heterocycles. The molecule has 1 amide bonds. The summed E-state index contributed by atoms with van der Waals surface area (Å²) >= 11 is 0. The summed E-state index contributed by atoms with van der Waals surface area (Å²) in [6.45, 7) is 6.78. The van der Waals surface area contributed by atoms with Gasteiger partial charge in [0.05, 0.1) is 6.04 Å². The fourth-order valence-corrected chi connectivity index (χ4v) is 2.91. The van der Waals surface area contributed by atoms with Gasteiger partial charge in [-0.25, -0.2) is 4.98 Å². The number of hydrogen-bond acceptors (Lipinski definition) is 5. The van der Waals surface area contributed by atoms with Crippen LogP contribution in [0.2, 0.25) is 0 Å². The second-order valence-electron chi connectivity index (χ2n) is 6.40. The number of H-pyrrole nitrogens is 1. The van der Waals surface area contributed by atoms with Crippen molar-refractivity contribution < 1.29 is 9.32 Å². The van der Waals surface area contributed by atoms with Crippen LogP contribution in [-0.4, -0.2) is 37.5 Å². The minimum atomic E-state index is 0.0603. The van der Waals surface area contributed by atoms with E-state index < -0.39 is 0 Å². The first kappa shape index (κ1) is 15.7. The summed E-state index contributed by atoms with van der Waals surface area (Å²) in [5, 5.41) is 3.93. The number of aromatic nitrogens is 4. The molecule has 7 nitrogen and oxygen atoms in total. The molecule has 2 aromatic rings. The average Bonchev–Trinajstić information content (AvgIpc) is 3.24. The number of nitrogens with zero attached hydrogens (tertiary/aromatic N) is 4. The highest BCUT2D eigenvalue weighted by atomic mass is 16.5. The van der Waals surface area contributed by atoms with Gasteiger partial charge in [-0.2, -0.15) is 4.98 Å². The number of carbonyl (C=O) groups is 1. The zero-order chi connectivity index (χ0) is 16.4. The Hall–Kier alpha value is -2.18. The number of aryl methyl sites for hydroxylation is 2. The zero-order valence-corrected chi connectivity index (χ0v) is 13.9. The van der Waals surface area contributed by atoms with E-state index in [0.29, 0.717) is 24.6 Å². The van der Waals surface area contributed by atoms with Crippen molar-refractivity contribution in [2.75, 3.05) is 6.54 Å². The van der Waals surface area contributed by atoms with Gasteiger partial charge in [-0.1, -0.05) is 19.0 Å². The topological polar surface area (TPSA) is 87.9 Å². The Bertz CT molecular complexity index is 676. The van der Waals surface area contributed by atoms with Crippen LogP contribution in [0.25, 0.3) is 0 Å². The van der Waals surface area contributed by atoms with Gasteiger partial charge >= 0.3 is 0 Å². The van der Waals surface area contributed by atoms with Crippen molar-refractivity contribution in [3.8, 4) is 0 Å². The first-order valence-corrected chi connectivity index (χ1v) is 8.18. The van der Waals surface area contributed by atoms with Crippen LogP contribution < -0.4 is 0 Å². The van der Waals surface area contributed by atoms with E-state index in [9.17, 15) is 4.79 Å². The number of hydrogen-bond donors (Lipinski definition) is 1. The third kappa shape index (κ3) is 3.43. The highest BCUT2D eigenvalue weighted by molar-refractivity contribution is 5.77. The van der Waals surface area contributed by atoms with Crippen LogP contribution in [0, 0.1) is 6.92 Å². The van der Waals surface area contributed by atoms with Crippen LogP contribution in [0.1, 0.15) is 68.3 Å². The van der Waals surface area contributed by atoms with Gasteiger partial charge in [0, 0.05) is 37.2 Å². The number of rotatable bonds is 5. The average molecular weight is 317 g/mol. The van der Waals surface area contributed by atoms with E-state index in [2.05, 4.69) is 20.1 Å². The van der Waals surface area contributed by atoms with Crippen molar-refractivity contribution >= 4 is 5.91 Å². The first-order valence-electron chi connectivity index (χ1n) is 8.18. The lowest BCUT2D eigenvalue weighted by molar-refractivity contribution is -0.132. The molecule has 0 aliphatic carbocycles. The summed E-state index contributed by atoms with van der Waals surface area (Å²) in [5.74, 6) is 2.46. The van der Waals surface area contributed by atoms with E-state index >= 15 is 0 Å². The Morgan fingerprint density at radius 3 is 3.00 bits per heavy atom. The number of carbonyl (C=O) groups excluding carboxylic acids is 1. The maximum Gasteiger partial charge on any atom is 0.227 e. The first-order chi connectivity index (χ1) is 11.0. The Kier molecular flexibility index (Phi) is 4.45. The third-order valence-corrected chi connectivity index (χ3v) is 4.16. The van der Waals surface area contributed by atoms with Crippen LogP contribution in [0.3, 0.4) is 0 Å². The van der Waals surface area contributed by atoms with E-state index in [1.165, 1.54) is 0 Å². The molecular formula is C16H23N5O2. The second kappa shape index (κ2) is 6.52. The molecule has 1 aliphatic heterocycles. The van der Waals surface area contributed by atoms with E-state index in [-0.39, 0.29) is 17.9 Å². The van der Waals surface area contributed by atoms with E-state index in [1.807, 2.05) is 31.9 Å². The Morgan fingerprint density at radius 2 is 2.35 bits per heavy atom. The van der Waals surface area contributed by atoms with Crippen LogP contribution in [-0.2, 0) is 11.2 Å². The summed E-state index contributed by atoms with van der Waals surface area (Å²) in [7, 11) is 0. The summed E-state index contributed by atoms with van der Waals surface area (Å²) in [4.78, 5) is 26.4. The predicted octanol–water partition coefficient (Wildman–Crippen LogP) is 2.52. The van der Waals surface area contributed by atoms with Crippen molar-refractivity contribution in [2.24, 2.45) is 0 Å². The van der Waals surface area contributed by atoms with Gasteiger partial charge in [0.25, 0.3) is 0 Å². The van der Waals surface area contributed by atoms with Gasteiger partial charge in [0.2, 0.25) is 11.8 Å². The van der Waals surface area contributed by atoms with E-state index in [1.54, 1.807) is 0 Å². The number of nitrogens with one attached hydrogen (secondary N) is 1. The lowest BCUT2D eigenvalue weighted by atomic mass is 10.2. The second-order valence-corrected chi connectivity index (χ2v) is 6.40. The maximum atomic E-state index is 12.5. The predicted molar refractivity (Wildman–Crippen MR) is 83.7 cm³/mol. The maximum absolute atomic E-state index is 12.5. The van der Waals surface area contributed by atoms with Crippen molar-refractivity contribution in [1.82, 2.24) is 25.0 Å². The SMILES string of the molecule is Cc1cnc([C@H]2CCCN2C(=O)CCc2nc(C(C)C)no2)[nH]1. The molecule has 1 fully saturated rings. The van der Waals surface area contributed by atoms with Crippen molar-refractivity contribution in [2.45, 2.75) is 58.4 Å². The zero-order valence-electron chi connectivity index (χ0n) is 13.9. The molecule has 0 saturated carbocycles.